The molecule has 0 spiro atoms. The van der Waals surface area contributed by atoms with Crippen molar-refractivity contribution in [2.75, 3.05) is 18.0 Å². The van der Waals surface area contributed by atoms with Gasteiger partial charge in [0, 0.05) is 37.3 Å². The van der Waals surface area contributed by atoms with Gasteiger partial charge in [0.25, 0.3) is 11.5 Å². The monoisotopic (exact) mass is 604 g/mol. The summed E-state index contributed by atoms with van der Waals surface area (Å²) >= 11 is 0. The SMILES string of the molecule is CC#CCn1c(N2CCC[C@@H](NC(=O)[C@H](O)[C@@H](O)C(=O)O)C2)nc2c1c(=O)n(Cc1nc(C)c3ccccc3n1)c(=O)n2C. The number of aryl methyl sites for hydroxylation is 2. The van der Waals surface area contributed by atoms with Gasteiger partial charge in [-0.15, -0.1) is 5.92 Å². The summed E-state index contributed by atoms with van der Waals surface area (Å²) in [5.41, 5.74) is 0.563. The Morgan fingerprint density at radius 2 is 1.86 bits per heavy atom. The van der Waals surface area contributed by atoms with E-state index in [9.17, 15) is 29.4 Å². The number of fused-ring (bicyclic) bond motifs is 2. The molecule has 0 unspecified atom stereocenters. The molecule has 3 aromatic heterocycles. The molecule has 230 valence electrons. The summed E-state index contributed by atoms with van der Waals surface area (Å²) in [5.74, 6) is 3.71. The predicted molar refractivity (Wildman–Crippen MR) is 159 cm³/mol. The Morgan fingerprint density at radius 1 is 1.11 bits per heavy atom. The van der Waals surface area contributed by atoms with Gasteiger partial charge < -0.3 is 25.5 Å². The second-order valence-electron chi connectivity index (χ2n) is 10.6. The lowest BCUT2D eigenvalue weighted by Crippen LogP contribution is -2.53. The number of carbonyl (C=O) groups excluding carboxylic acids is 1. The number of carboxylic acids is 1. The summed E-state index contributed by atoms with van der Waals surface area (Å²) in [6.07, 6.45) is -3.30. The Labute approximate surface area is 250 Å². The molecule has 0 bridgehead atoms. The fraction of sp³-hybridized carbons (Fsp3) is 0.414. The summed E-state index contributed by atoms with van der Waals surface area (Å²) in [7, 11) is 1.52. The van der Waals surface area contributed by atoms with Crippen molar-refractivity contribution >= 4 is 39.9 Å². The van der Waals surface area contributed by atoms with Crippen molar-refractivity contribution in [3.63, 3.8) is 0 Å². The second-order valence-corrected chi connectivity index (χ2v) is 10.6. The standard InChI is InChI=1S/C29H32N8O7/c1-4-5-13-36-21-24(33-28(36)35-12-8-9-17(14-35)31-25(40)22(38)23(39)27(42)43)34(3)29(44)37(26(21)41)15-20-30-16(2)18-10-6-7-11-19(18)32-20/h6-7,10-11,17,22-23,38-39H,8-9,12-15H2,1-3H3,(H,31,40)(H,42,43)/t17-,22-,23-/m1/s1. The van der Waals surface area contributed by atoms with E-state index >= 15 is 0 Å². The van der Waals surface area contributed by atoms with Crippen molar-refractivity contribution in [1.82, 2.24) is 34.0 Å². The number of aliphatic carboxylic acids is 1. The number of carbonyl (C=O) groups is 2. The molecule has 1 aliphatic heterocycles. The molecular weight excluding hydrogens is 572 g/mol. The van der Waals surface area contributed by atoms with Gasteiger partial charge in [-0.3, -0.25) is 23.3 Å². The van der Waals surface area contributed by atoms with Gasteiger partial charge in [-0.1, -0.05) is 24.1 Å². The van der Waals surface area contributed by atoms with Crippen molar-refractivity contribution in [2.45, 2.75) is 58.0 Å². The third-order valence-electron chi connectivity index (χ3n) is 7.64. The van der Waals surface area contributed by atoms with Crippen molar-refractivity contribution in [3.8, 4) is 11.8 Å². The Bertz CT molecular complexity index is 1950. The molecule has 1 aliphatic rings. The summed E-state index contributed by atoms with van der Waals surface area (Å²) in [6.45, 7) is 4.15. The Hall–Kier alpha value is -5.07. The normalized spacial score (nSPS) is 16.4. The van der Waals surface area contributed by atoms with Crippen LogP contribution in [0.1, 0.15) is 31.3 Å². The number of anilines is 1. The third kappa shape index (κ3) is 5.64. The maximum atomic E-state index is 13.9. The molecular formula is C29H32N8O7. The highest BCUT2D eigenvalue weighted by atomic mass is 16.4. The number of imidazole rings is 1. The van der Waals surface area contributed by atoms with Gasteiger partial charge in [0.15, 0.2) is 23.4 Å². The first-order valence-electron chi connectivity index (χ1n) is 14.0. The van der Waals surface area contributed by atoms with E-state index in [-0.39, 0.29) is 30.8 Å². The van der Waals surface area contributed by atoms with Crippen LogP contribution in [-0.4, -0.2) is 87.2 Å². The minimum absolute atomic E-state index is 0.0956. The lowest BCUT2D eigenvalue weighted by molar-refractivity contribution is -0.158. The van der Waals surface area contributed by atoms with Gasteiger partial charge in [-0.2, -0.15) is 4.98 Å². The summed E-state index contributed by atoms with van der Waals surface area (Å²) in [5, 5.41) is 31.9. The topological polar surface area (TPSA) is 198 Å². The molecule has 15 heteroatoms. The van der Waals surface area contributed by atoms with E-state index in [0.29, 0.717) is 36.7 Å². The number of nitrogens with zero attached hydrogens (tertiary/aromatic N) is 7. The van der Waals surface area contributed by atoms with Gasteiger partial charge in [0.2, 0.25) is 5.95 Å². The number of rotatable bonds is 8. The van der Waals surface area contributed by atoms with Crippen LogP contribution in [0.5, 0.6) is 0 Å². The van der Waals surface area contributed by atoms with Crippen LogP contribution in [0, 0.1) is 18.8 Å². The molecule has 4 heterocycles. The van der Waals surface area contributed by atoms with Crippen LogP contribution >= 0.6 is 0 Å². The van der Waals surface area contributed by atoms with Crippen molar-refractivity contribution in [2.24, 2.45) is 7.05 Å². The van der Waals surface area contributed by atoms with Gasteiger partial charge in [-0.05, 0) is 32.8 Å². The van der Waals surface area contributed by atoms with Gasteiger partial charge in [0.1, 0.15) is 5.82 Å². The van der Waals surface area contributed by atoms with Gasteiger partial charge in [-0.25, -0.2) is 19.6 Å². The van der Waals surface area contributed by atoms with Crippen LogP contribution in [0.25, 0.3) is 22.1 Å². The Balaban J connectivity index is 1.53. The number of carboxylic acid groups (broad SMARTS) is 1. The molecule has 1 aromatic carbocycles. The molecule has 3 atom stereocenters. The van der Waals surface area contributed by atoms with Crippen LogP contribution in [0.3, 0.4) is 0 Å². The summed E-state index contributed by atoms with van der Waals surface area (Å²) in [4.78, 5) is 66.4. The first kappa shape index (κ1) is 30.4. The quantitative estimate of drug-likeness (QED) is 0.182. The van der Waals surface area contributed by atoms with Gasteiger partial charge >= 0.3 is 11.7 Å². The zero-order chi connectivity index (χ0) is 31.7. The highest BCUT2D eigenvalue weighted by molar-refractivity contribution is 5.88. The maximum Gasteiger partial charge on any atom is 0.335 e. The number of amides is 1. The van der Waals surface area contributed by atoms with E-state index in [1.54, 1.807) is 11.5 Å². The number of hydrogen-bond acceptors (Lipinski definition) is 10. The van der Waals surface area contributed by atoms with E-state index in [4.69, 9.17) is 5.11 Å². The first-order chi connectivity index (χ1) is 21.0. The number of benzene rings is 1. The predicted octanol–water partition coefficient (Wildman–Crippen LogP) is -0.889. The summed E-state index contributed by atoms with van der Waals surface area (Å²) in [6, 6.07) is 6.95. The minimum Gasteiger partial charge on any atom is -0.479 e. The molecule has 44 heavy (non-hydrogen) atoms. The third-order valence-corrected chi connectivity index (χ3v) is 7.64. The smallest absolute Gasteiger partial charge is 0.335 e. The number of hydrogen-bond donors (Lipinski definition) is 4. The fourth-order valence-electron chi connectivity index (χ4n) is 5.40. The van der Waals surface area contributed by atoms with Crippen molar-refractivity contribution in [1.29, 1.82) is 0 Å². The average Bonchev–Trinajstić information content (AvgIpc) is 3.40. The van der Waals surface area contributed by atoms with Crippen LogP contribution in [0.4, 0.5) is 5.95 Å². The molecule has 5 rings (SSSR count). The molecule has 4 aromatic rings. The van der Waals surface area contributed by atoms with Gasteiger partial charge in [0.05, 0.1) is 18.6 Å². The van der Waals surface area contributed by atoms with E-state index in [1.165, 1.54) is 11.6 Å². The molecule has 15 nitrogen and oxygen atoms in total. The molecule has 1 fully saturated rings. The average molecular weight is 605 g/mol. The van der Waals surface area contributed by atoms with E-state index in [1.807, 2.05) is 36.1 Å². The van der Waals surface area contributed by atoms with E-state index in [0.717, 1.165) is 15.6 Å². The zero-order valence-electron chi connectivity index (χ0n) is 24.4. The number of piperidine rings is 1. The van der Waals surface area contributed by atoms with E-state index < -0.39 is 41.4 Å². The molecule has 1 saturated heterocycles. The van der Waals surface area contributed by atoms with Crippen LogP contribution < -0.4 is 21.5 Å². The van der Waals surface area contributed by atoms with E-state index in [2.05, 4.69) is 32.1 Å². The number of aliphatic hydroxyl groups is 2. The van der Waals surface area contributed by atoms with Crippen LogP contribution in [0.2, 0.25) is 0 Å². The highest BCUT2D eigenvalue weighted by Gasteiger charge is 2.33. The number of para-hydroxylation sites is 1. The fourth-order valence-corrected chi connectivity index (χ4v) is 5.40. The van der Waals surface area contributed by atoms with Crippen molar-refractivity contribution < 1.29 is 24.9 Å². The number of aromatic nitrogens is 6. The Morgan fingerprint density at radius 3 is 2.59 bits per heavy atom. The summed E-state index contributed by atoms with van der Waals surface area (Å²) < 4.78 is 3.99. The largest absolute Gasteiger partial charge is 0.479 e. The second kappa shape index (κ2) is 12.3. The lowest BCUT2D eigenvalue weighted by atomic mass is 10.1. The lowest BCUT2D eigenvalue weighted by Gasteiger charge is -2.34. The minimum atomic E-state index is -2.26. The number of aliphatic hydroxyl groups excluding tert-OH is 2. The highest BCUT2D eigenvalue weighted by Crippen LogP contribution is 2.24. The first-order valence-corrected chi connectivity index (χ1v) is 14.0. The number of nitrogens with one attached hydrogen (secondary N) is 1. The molecule has 1 amide bonds. The molecule has 0 radical (unpaired) electrons. The molecule has 4 N–H and O–H groups in total. The van der Waals surface area contributed by atoms with Crippen LogP contribution in [0.15, 0.2) is 33.9 Å². The zero-order valence-corrected chi connectivity index (χ0v) is 24.4. The Kier molecular flexibility index (Phi) is 8.47. The molecule has 0 aliphatic carbocycles. The maximum absolute atomic E-state index is 13.9. The van der Waals surface area contributed by atoms with Crippen LogP contribution in [-0.2, 0) is 29.7 Å². The molecule has 0 saturated carbocycles. The van der Waals surface area contributed by atoms with Crippen molar-refractivity contribution in [3.05, 3.63) is 56.6 Å².